The zero-order valence-electron chi connectivity index (χ0n) is 20.5. The van der Waals surface area contributed by atoms with Crippen LogP contribution < -0.4 is 15.7 Å². The molecule has 3 aromatic rings. The molecule has 190 valence electrons. The molecule has 1 atom stereocenters. The van der Waals surface area contributed by atoms with Gasteiger partial charge >= 0.3 is 5.69 Å². The Labute approximate surface area is 214 Å². The Morgan fingerprint density at radius 2 is 1.65 bits per heavy atom. The number of rotatable bonds is 12. The zero-order valence-corrected chi connectivity index (χ0v) is 22.1. The predicted molar refractivity (Wildman–Crippen MR) is 144 cm³/mol. The topological polar surface area (TPSA) is 71.7 Å². The molecule has 0 aliphatic rings. The van der Waals surface area contributed by atoms with Crippen LogP contribution in [0.4, 0.5) is 0 Å². The quantitative estimate of drug-likeness (QED) is 0.362. The number of aliphatic hydroxyl groups is 1. The Morgan fingerprint density at radius 1 is 1.00 bits per heavy atom. The van der Waals surface area contributed by atoms with E-state index in [1.807, 2.05) is 42.5 Å². The van der Waals surface area contributed by atoms with Crippen molar-refractivity contribution in [2.45, 2.75) is 32.9 Å². The summed E-state index contributed by atoms with van der Waals surface area (Å²) in [6, 6.07) is 13.5. The molecule has 2 N–H and O–H groups in total. The third-order valence-electron chi connectivity index (χ3n) is 6.06. The summed E-state index contributed by atoms with van der Waals surface area (Å²) >= 11 is 0. The Balaban J connectivity index is 0.00000289. The van der Waals surface area contributed by atoms with E-state index in [-0.39, 0.29) is 37.1 Å². The highest BCUT2D eigenvalue weighted by atomic mass is 35.5. The smallest absolute Gasteiger partial charge is 0.328 e. The summed E-state index contributed by atoms with van der Waals surface area (Å²) in [7, 11) is 3.48. The summed E-state index contributed by atoms with van der Waals surface area (Å²) < 4.78 is 8.98. The monoisotopic (exact) mass is 512 g/mol. The third kappa shape index (κ3) is 7.48. The van der Waals surface area contributed by atoms with Crippen molar-refractivity contribution in [3.05, 3.63) is 64.1 Å². The number of aliphatic hydroxyl groups excluding tert-OH is 1. The highest BCUT2D eigenvalue weighted by Crippen LogP contribution is 2.21. The highest BCUT2D eigenvalue weighted by Gasteiger charge is 2.13. The van der Waals surface area contributed by atoms with E-state index in [1.54, 1.807) is 23.2 Å². The number of nitrogens with zero attached hydrogens (tertiary/aromatic N) is 3. The average Bonchev–Trinajstić information content (AvgIpc) is 3.04. The van der Waals surface area contributed by atoms with E-state index < -0.39 is 6.10 Å². The number of halogens is 2. The van der Waals surface area contributed by atoms with Crippen molar-refractivity contribution in [3.63, 3.8) is 0 Å². The van der Waals surface area contributed by atoms with Crippen LogP contribution in [0, 0.1) is 0 Å². The minimum Gasteiger partial charge on any atom is -0.491 e. The van der Waals surface area contributed by atoms with Crippen LogP contribution >= 0.6 is 24.8 Å². The summed E-state index contributed by atoms with van der Waals surface area (Å²) in [6.07, 6.45) is 0.366. The number of imidazole rings is 1. The lowest BCUT2D eigenvalue weighted by Crippen LogP contribution is -2.27. The van der Waals surface area contributed by atoms with Crippen LogP contribution in [0.25, 0.3) is 11.0 Å². The molecule has 0 bridgehead atoms. The first-order valence-corrected chi connectivity index (χ1v) is 11.4. The van der Waals surface area contributed by atoms with Crippen LogP contribution in [0.1, 0.15) is 37.5 Å². The Morgan fingerprint density at radius 3 is 2.29 bits per heavy atom. The molecule has 1 unspecified atom stereocenters. The van der Waals surface area contributed by atoms with Crippen molar-refractivity contribution in [1.29, 1.82) is 0 Å². The van der Waals surface area contributed by atoms with Crippen molar-refractivity contribution in [2.75, 3.05) is 32.8 Å². The summed E-state index contributed by atoms with van der Waals surface area (Å²) in [4.78, 5) is 14.5. The second-order valence-corrected chi connectivity index (χ2v) is 8.18. The van der Waals surface area contributed by atoms with Crippen molar-refractivity contribution >= 4 is 35.8 Å². The zero-order chi connectivity index (χ0) is 23.1. The van der Waals surface area contributed by atoms with Crippen LogP contribution in [-0.2, 0) is 20.6 Å². The molecule has 0 spiro atoms. The maximum Gasteiger partial charge on any atom is 0.328 e. The molecule has 34 heavy (non-hydrogen) atoms. The first kappa shape index (κ1) is 30.0. The molecule has 2 aromatic carbocycles. The van der Waals surface area contributed by atoms with Gasteiger partial charge in [0.2, 0.25) is 0 Å². The first-order valence-electron chi connectivity index (χ1n) is 11.4. The van der Waals surface area contributed by atoms with E-state index in [1.165, 1.54) is 5.56 Å². The lowest BCUT2D eigenvalue weighted by Gasteiger charge is -2.17. The van der Waals surface area contributed by atoms with E-state index in [4.69, 9.17) is 4.74 Å². The fourth-order valence-electron chi connectivity index (χ4n) is 3.91. The van der Waals surface area contributed by atoms with Crippen molar-refractivity contribution in [2.24, 2.45) is 14.1 Å². The highest BCUT2D eigenvalue weighted by molar-refractivity contribution is 5.85. The molecule has 7 nitrogen and oxygen atoms in total. The molecule has 9 heteroatoms. The molecule has 0 fully saturated rings. The molecule has 0 aliphatic heterocycles. The first-order chi connectivity index (χ1) is 15.4. The standard InChI is InChI=1S/C25H36N4O3.2ClH/c1-5-29(6-2)15-7-14-26-17-19-8-11-21(12-9-19)32-18-24(30)20-10-13-22-23(16-20)28(4)25(31)27(22)3;;/h8-13,16,24,26,30H,5-7,14-15,17-18H2,1-4H3;2*1H. The summed E-state index contributed by atoms with van der Waals surface area (Å²) in [6.45, 7) is 9.71. The number of hydrogen-bond acceptors (Lipinski definition) is 5. The number of hydrogen-bond donors (Lipinski definition) is 2. The van der Waals surface area contributed by atoms with Gasteiger partial charge in [-0.25, -0.2) is 4.79 Å². The number of benzene rings is 2. The van der Waals surface area contributed by atoms with Crippen LogP contribution in [0.15, 0.2) is 47.3 Å². The SMILES string of the molecule is CCN(CC)CCCNCc1ccc(OCC(O)c2ccc3c(c2)n(C)c(=O)n3C)cc1.Cl.Cl. The third-order valence-corrected chi connectivity index (χ3v) is 6.06. The number of ether oxygens (including phenoxy) is 1. The van der Waals surface area contributed by atoms with Crippen molar-refractivity contribution in [1.82, 2.24) is 19.4 Å². The second kappa shape index (κ2) is 14.4. The maximum absolute atomic E-state index is 12.1. The molecule has 0 saturated carbocycles. The van der Waals surface area contributed by atoms with Crippen LogP contribution in [0.5, 0.6) is 5.75 Å². The summed E-state index contributed by atoms with van der Waals surface area (Å²) in [5.41, 5.74) is 3.48. The lowest BCUT2D eigenvalue weighted by atomic mass is 10.1. The van der Waals surface area contributed by atoms with Crippen LogP contribution in [0.2, 0.25) is 0 Å². The lowest BCUT2D eigenvalue weighted by molar-refractivity contribution is 0.108. The van der Waals surface area contributed by atoms with Crippen molar-refractivity contribution in [3.8, 4) is 5.75 Å². The molecule has 0 radical (unpaired) electrons. The van der Waals surface area contributed by atoms with Gasteiger partial charge in [-0.3, -0.25) is 9.13 Å². The maximum atomic E-state index is 12.1. The molecular weight excluding hydrogens is 475 g/mol. The van der Waals surface area contributed by atoms with Gasteiger partial charge in [0.15, 0.2) is 0 Å². The Bertz CT molecular complexity index is 1060. The molecule has 0 saturated heterocycles. The van der Waals surface area contributed by atoms with Gasteiger partial charge in [0.25, 0.3) is 0 Å². The van der Waals surface area contributed by atoms with Crippen LogP contribution in [0.3, 0.4) is 0 Å². The van der Waals surface area contributed by atoms with Gasteiger partial charge in [-0.05, 0) is 68.0 Å². The molecular formula is C25H38Cl2N4O3. The van der Waals surface area contributed by atoms with Gasteiger partial charge in [-0.1, -0.05) is 32.0 Å². The minimum atomic E-state index is -0.776. The predicted octanol–water partition coefficient (Wildman–Crippen LogP) is 3.65. The van der Waals surface area contributed by atoms with Crippen LogP contribution in [-0.4, -0.2) is 51.9 Å². The number of aryl methyl sites for hydroxylation is 2. The molecule has 3 rings (SSSR count). The Hall–Kier alpha value is -2.03. The fourth-order valence-corrected chi connectivity index (χ4v) is 3.91. The largest absolute Gasteiger partial charge is 0.491 e. The molecule has 1 heterocycles. The number of aromatic nitrogens is 2. The van der Waals surface area contributed by atoms with E-state index >= 15 is 0 Å². The summed E-state index contributed by atoms with van der Waals surface area (Å²) in [5, 5.41) is 14.1. The van der Waals surface area contributed by atoms with E-state index in [0.29, 0.717) is 0 Å². The van der Waals surface area contributed by atoms with Gasteiger partial charge in [0.1, 0.15) is 18.5 Å². The average molecular weight is 514 g/mol. The fraction of sp³-hybridized carbons (Fsp3) is 0.480. The molecule has 0 aliphatic carbocycles. The van der Waals surface area contributed by atoms with Gasteiger partial charge in [-0.15, -0.1) is 24.8 Å². The van der Waals surface area contributed by atoms with Gasteiger partial charge < -0.3 is 20.1 Å². The minimum absolute atomic E-state index is 0. The van der Waals surface area contributed by atoms with Gasteiger partial charge in [-0.2, -0.15) is 0 Å². The van der Waals surface area contributed by atoms with Gasteiger partial charge in [0, 0.05) is 20.6 Å². The van der Waals surface area contributed by atoms with Crippen molar-refractivity contribution < 1.29 is 9.84 Å². The van der Waals surface area contributed by atoms with E-state index in [9.17, 15) is 9.90 Å². The molecule has 0 amide bonds. The number of nitrogens with one attached hydrogen (secondary N) is 1. The summed E-state index contributed by atoms with van der Waals surface area (Å²) in [5.74, 6) is 0.725. The Kier molecular flexibility index (Phi) is 12.7. The van der Waals surface area contributed by atoms with Gasteiger partial charge in [0.05, 0.1) is 11.0 Å². The normalized spacial score (nSPS) is 11.8. The van der Waals surface area contributed by atoms with E-state index in [2.05, 4.69) is 24.1 Å². The molecule has 1 aromatic heterocycles. The number of fused-ring (bicyclic) bond motifs is 1. The van der Waals surface area contributed by atoms with E-state index in [0.717, 1.165) is 61.5 Å². The second-order valence-electron chi connectivity index (χ2n) is 8.18.